The smallest absolute Gasteiger partial charge is 0.315 e. The van der Waals surface area contributed by atoms with Crippen LogP contribution in [0.4, 0.5) is 6.01 Å². The van der Waals surface area contributed by atoms with Crippen molar-refractivity contribution in [1.29, 1.82) is 0 Å². The molecule has 0 aliphatic rings. The average Bonchev–Trinajstić information content (AvgIpc) is 2.84. The summed E-state index contributed by atoms with van der Waals surface area (Å²) in [4.78, 5) is 0. The predicted octanol–water partition coefficient (Wildman–Crippen LogP) is 2.37. The fourth-order valence-corrected chi connectivity index (χ4v) is 2.11. The van der Waals surface area contributed by atoms with Gasteiger partial charge in [-0.05, 0) is 31.9 Å². The number of aryl methyl sites for hydroxylation is 3. The first-order valence-corrected chi connectivity index (χ1v) is 6.57. The molecule has 0 aliphatic heterocycles. The van der Waals surface area contributed by atoms with Gasteiger partial charge in [-0.2, -0.15) is 0 Å². The van der Waals surface area contributed by atoms with Gasteiger partial charge in [-0.15, -0.1) is 17.5 Å². The molecule has 116 valence electrons. The zero-order valence-electron chi connectivity index (χ0n) is 12.5. The van der Waals surface area contributed by atoms with E-state index >= 15 is 0 Å². The number of nitrogens with zero attached hydrogens (tertiary/aromatic N) is 2. The molecular formula is C14H21ClN4O2. The van der Waals surface area contributed by atoms with Crippen molar-refractivity contribution in [3.8, 4) is 5.75 Å². The van der Waals surface area contributed by atoms with E-state index in [4.69, 9.17) is 14.9 Å². The molecule has 0 unspecified atom stereocenters. The summed E-state index contributed by atoms with van der Waals surface area (Å²) in [6.45, 7) is 7.52. The summed E-state index contributed by atoms with van der Waals surface area (Å²) < 4.78 is 11.0. The molecule has 0 atom stereocenters. The molecule has 0 saturated heterocycles. The van der Waals surface area contributed by atoms with Crippen LogP contribution in [-0.4, -0.2) is 23.3 Å². The first kappa shape index (κ1) is 17.3. The second-order valence-electron chi connectivity index (χ2n) is 4.71. The molecule has 1 aromatic carbocycles. The van der Waals surface area contributed by atoms with Crippen LogP contribution in [0.25, 0.3) is 0 Å². The summed E-state index contributed by atoms with van der Waals surface area (Å²) in [5.41, 5.74) is 8.92. The standard InChI is InChI=1S/C14H20N4O2.ClH/c1-9-6-10(2)13(11(3)7-9)19-5-4-16-14-18-17-12(8-15)20-14;/h6-7H,4-5,8,15H2,1-3H3,(H,16,18);1H. The maximum Gasteiger partial charge on any atom is 0.315 e. The molecule has 0 amide bonds. The molecule has 0 bridgehead atoms. The van der Waals surface area contributed by atoms with E-state index in [0.29, 0.717) is 25.1 Å². The van der Waals surface area contributed by atoms with Crippen LogP contribution < -0.4 is 15.8 Å². The minimum absolute atomic E-state index is 0. The zero-order chi connectivity index (χ0) is 14.5. The van der Waals surface area contributed by atoms with Crippen LogP contribution in [0.2, 0.25) is 0 Å². The number of hydrogen-bond acceptors (Lipinski definition) is 6. The molecular weight excluding hydrogens is 292 g/mol. The lowest BCUT2D eigenvalue weighted by molar-refractivity contribution is 0.326. The van der Waals surface area contributed by atoms with Crippen LogP contribution in [0, 0.1) is 20.8 Å². The van der Waals surface area contributed by atoms with Gasteiger partial charge in [-0.3, -0.25) is 0 Å². The monoisotopic (exact) mass is 312 g/mol. The Balaban J connectivity index is 0.00000220. The Labute approximate surface area is 130 Å². The molecule has 1 heterocycles. The Morgan fingerprint density at radius 1 is 1.19 bits per heavy atom. The van der Waals surface area contributed by atoms with E-state index in [2.05, 4.69) is 34.6 Å². The maximum atomic E-state index is 5.80. The first-order valence-electron chi connectivity index (χ1n) is 6.57. The number of aromatic nitrogens is 2. The van der Waals surface area contributed by atoms with Crippen molar-refractivity contribution in [2.24, 2.45) is 5.73 Å². The lowest BCUT2D eigenvalue weighted by Crippen LogP contribution is -2.12. The molecule has 2 rings (SSSR count). The normalized spacial score (nSPS) is 10.1. The molecule has 0 radical (unpaired) electrons. The first-order chi connectivity index (χ1) is 9.60. The van der Waals surface area contributed by atoms with E-state index in [1.165, 1.54) is 5.56 Å². The predicted molar refractivity (Wildman–Crippen MR) is 84.1 cm³/mol. The zero-order valence-corrected chi connectivity index (χ0v) is 13.3. The van der Waals surface area contributed by atoms with Gasteiger partial charge >= 0.3 is 6.01 Å². The molecule has 21 heavy (non-hydrogen) atoms. The molecule has 0 aliphatic carbocycles. The van der Waals surface area contributed by atoms with Gasteiger partial charge < -0.3 is 20.2 Å². The van der Waals surface area contributed by atoms with E-state index in [0.717, 1.165) is 16.9 Å². The summed E-state index contributed by atoms with van der Waals surface area (Å²) >= 11 is 0. The van der Waals surface area contributed by atoms with Crippen LogP contribution >= 0.6 is 12.4 Å². The number of halogens is 1. The number of anilines is 1. The van der Waals surface area contributed by atoms with Crippen LogP contribution in [-0.2, 0) is 6.54 Å². The molecule has 3 N–H and O–H groups in total. The number of ether oxygens (including phenoxy) is 1. The van der Waals surface area contributed by atoms with E-state index in [-0.39, 0.29) is 19.0 Å². The highest BCUT2D eigenvalue weighted by atomic mass is 35.5. The van der Waals surface area contributed by atoms with Gasteiger partial charge in [0, 0.05) is 0 Å². The quantitative estimate of drug-likeness (QED) is 0.796. The van der Waals surface area contributed by atoms with Crippen molar-refractivity contribution in [2.45, 2.75) is 27.3 Å². The number of nitrogens with two attached hydrogens (primary N) is 1. The summed E-state index contributed by atoms with van der Waals surface area (Å²) in [5.74, 6) is 1.35. The van der Waals surface area contributed by atoms with Crippen LogP contribution in [0.15, 0.2) is 16.5 Å². The van der Waals surface area contributed by atoms with Crippen molar-refractivity contribution >= 4 is 18.4 Å². The molecule has 0 saturated carbocycles. The third-order valence-electron chi connectivity index (χ3n) is 2.87. The van der Waals surface area contributed by atoms with E-state index in [1.807, 2.05) is 13.8 Å². The van der Waals surface area contributed by atoms with Gasteiger partial charge in [0.15, 0.2) is 0 Å². The second kappa shape index (κ2) is 7.85. The van der Waals surface area contributed by atoms with Crippen molar-refractivity contribution in [1.82, 2.24) is 10.2 Å². The summed E-state index contributed by atoms with van der Waals surface area (Å²) in [6.07, 6.45) is 0. The van der Waals surface area contributed by atoms with Crippen LogP contribution in [0.1, 0.15) is 22.6 Å². The van der Waals surface area contributed by atoms with Crippen LogP contribution in [0.3, 0.4) is 0 Å². The topological polar surface area (TPSA) is 86.2 Å². The SMILES string of the molecule is Cc1cc(C)c(OCCNc2nnc(CN)o2)c(C)c1.Cl. The highest BCUT2D eigenvalue weighted by Gasteiger charge is 2.06. The van der Waals surface area contributed by atoms with E-state index in [1.54, 1.807) is 0 Å². The molecule has 7 heteroatoms. The Hall–Kier alpha value is -1.79. The summed E-state index contributed by atoms with van der Waals surface area (Å²) in [6, 6.07) is 4.59. The van der Waals surface area contributed by atoms with Crippen LogP contribution in [0.5, 0.6) is 5.75 Å². The highest BCUT2D eigenvalue weighted by molar-refractivity contribution is 5.85. The third-order valence-corrected chi connectivity index (χ3v) is 2.87. The lowest BCUT2D eigenvalue weighted by Gasteiger charge is -2.13. The van der Waals surface area contributed by atoms with Gasteiger partial charge in [0.25, 0.3) is 0 Å². The van der Waals surface area contributed by atoms with Crippen molar-refractivity contribution < 1.29 is 9.15 Å². The van der Waals surface area contributed by atoms with E-state index in [9.17, 15) is 0 Å². The Kier molecular flexibility index (Phi) is 6.45. The van der Waals surface area contributed by atoms with Crippen molar-refractivity contribution in [2.75, 3.05) is 18.5 Å². The highest BCUT2D eigenvalue weighted by Crippen LogP contribution is 2.24. The fourth-order valence-electron chi connectivity index (χ4n) is 2.11. The fraction of sp³-hybridized carbons (Fsp3) is 0.429. The number of benzene rings is 1. The Morgan fingerprint density at radius 3 is 2.43 bits per heavy atom. The van der Waals surface area contributed by atoms with Gasteiger partial charge in [0.1, 0.15) is 12.4 Å². The molecule has 0 spiro atoms. The van der Waals surface area contributed by atoms with Gasteiger partial charge in [0.2, 0.25) is 5.89 Å². The largest absolute Gasteiger partial charge is 0.491 e. The minimum atomic E-state index is 0. The lowest BCUT2D eigenvalue weighted by atomic mass is 10.1. The molecule has 0 fully saturated rings. The van der Waals surface area contributed by atoms with Crippen molar-refractivity contribution in [3.05, 3.63) is 34.7 Å². The van der Waals surface area contributed by atoms with Gasteiger partial charge in [-0.25, -0.2) is 0 Å². The Morgan fingerprint density at radius 2 is 1.86 bits per heavy atom. The van der Waals surface area contributed by atoms with Gasteiger partial charge in [0.05, 0.1) is 13.1 Å². The third kappa shape index (κ3) is 4.61. The maximum absolute atomic E-state index is 5.80. The molecule has 1 aromatic heterocycles. The molecule has 6 nitrogen and oxygen atoms in total. The average molecular weight is 313 g/mol. The van der Waals surface area contributed by atoms with Gasteiger partial charge in [-0.1, -0.05) is 22.8 Å². The second-order valence-corrected chi connectivity index (χ2v) is 4.71. The summed E-state index contributed by atoms with van der Waals surface area (Å²) in [5, 5.41) is 10.6. The van der Waals surface area contributed by atoms with E-state index < -0.39 is 0 Å². The number of rotatable bonds is 6. The summed E-state index contributed by atoms with van der Waals surface area (Å²) in [7, 11) is 0. The number of nitrogens with one attached hydrogen (secondary N) is 1. The molecule has 2 aromatic rings. The minimum Gasteiger partial charge on any atom is -0.491 e. The Bertz CT molecular complexity index is 563. The van der Waals surface area contributed by atoms with Crippen molar-refractivity contribution in [3.63, 3.8) is 0 Å². The number of hydrogen-bond donors (Lipinski definition) is 2.